The molecule has 10 nitrogen and oxygen atoms in total. The first kappa shape index (κ1) is 29.1. The third kappa shape index (κ3) is 5.09. The molecule has 4 aromatic rings. The van der Waals surface area contributed by atoms with E-state index >= 15 is 0 Å². The summed E-state index contributed by atoms with van der Waals surface area (Å²) in [7, 11) is 1.80. The molecule has 2 aromatic heterocycles. The van der Waals surface area contributed by atoms with Gasteiger partial charge in [-0.25, -0.2) is 0 Å². The number of hydrogen-bond acceptors (Lipinski definition) is 9. The number of halogens is 3. The summed E-state index contributed by atoms with van der Waals surface area (Å²) in [5, 5.41) is 33.8. The first-order valence-corrected chi connectivity index (χ1v) is 14.1. The Kier molecular flexibility index (Phi) is 6.82. The highest BCUT2D eigenvalue weighted by atomic mass is 19.4. The summed E-state index contributed by atoms with van der Waals surface area (Å²) in [5.74, 6) is 0. The van der Waals surface area contributed by atoms with Crippen molar-refractivity contribution in [1.82, 2.24) is 30.7 Å². The smallest absolute Gasteiger partial charge is 0.383 e. The van der Waals surface area contributed by atoms with Gasteiger partial charge in [0.05, 0.1) is 39.6 Å². The summed E-state index contributed by atoms with van der Waals surface area (Å²) in [4.78, 5) is 4.42. The van der Waals surface area contributed by atoms with Crippen LogP contribution in [0, 0.1) is 28.1 Å². The predicted octanol–water partition coefficient (Wildman–Crippen LogP) is 5.74. The summed E-state index contributed by atoms with van der Waals surface area (Å²) in [6.45, 7) is 6.76. The van der Waals surface area contributed by atoms with Crippen molar-refractivity contribution in [3.63, 3.8) is 0 Å². The van der Waals surface area contributed by atoms with Gasteiger partial charge in [-0.3, -0.25) is 14.7 Å². The second kappa shape index (κ2) is 10.3. The fraction of sp³-hybridized carbons (Fsp3) is 0.355. The first-order valence-electron chi connectivity index (χ1n) is 14.1. The Morgan fingerprint density at radius 1 is 1.09 bits per heavy atom. The molecule has 4 N–H and O–H groups in total. The Balaban J connectivity index is 1.48. The zero-order valence-electron chi connectivity index (χ0n) is 24.6. The second-order valence-corrected chi connectivity index (χ2v) is 12.5. The van der Waals surface area contributed by atoms with Crippen molar-refractivity contribution in [2.75, 3.05) is 17.2 Å². The standard InChI is InChI=1S/C31H31F3N10/c1-29(2,3)17-38-27-19(13-36)14-37-26-18(12-35)10-20(11-22(26)27)39-28(21-6-5-7-24-23(21)15-43(4)41-24)25-16-44(42-40-25)30(8-9-30)31(32,33)34/h5-7,10-11,14-16,28,39-40,42H,8-9,17H2,1-4H3,(H,37,38)/t28-/m0/s1. The molecule has 0 amide bonds. The number of nitrogens with one attached hydrogen (secondary N) is 4. The van der Waals surface area contributed by atoms with Crippen LogP contribution in [0.5, 0.6) is 0 Å². The number of aromatic nitrogens is 3. The van der Waals surface area contributed by atoms with Crippen molar-refractivity contribution in [3.8, 4) is 12.1 Å². The summed E-state index contributed by atoms with van der Waals surface area (Å²) in [5.41, 5.74) is 7.68. The van der Waals surface area contributed by atoms with Crippen molar-refractivity contribution in [3.05, 3.63) is 71.3 Å². The van der Waals surface area contributed by atoms with Gasteiger partial charge in [0.25, 0.3) is 0 Å². The van der Waals surface area contributed by atoms with Crippen LogP contribution in [0.15, 0.2) is 54.6 Å². The molecule has 226 valence electrons. The second-order valence-electron chi connectivity index (χ2n) is 12.5. The number of benzene rings is 2. The van der Waals surface area contributed by atoms with Crippen LogP contribution in [0.4, 0.5) is 24.5 Å². The zero-order valence-corrected chi connectivity index (χ0v) is 24.6. The third-order valence-corrected chi connectivity index (χ3v) is 7.94. The summed E-state index contributed by atoms with van der Waals surface area (Å²) >= 11 is 0. The number of nitrogens with zero attached hydrogens (tertiary/aromatic N) is 6. The molecule has 1 saturated carbocycles. The van der Waals surface area contributed by atoms with Crippen LogP contribution in [-0.4, -0.2) is 38.0 Å². The number of fused-ring (bicyclic) bond motifs is 2. The number of nitriles is 2. The van der Waals surface area contributed by atoms with Gasteiger partial charge in [0.1, 0.15) is 12.1 Å². The molecular weight excluding hydrogens is 569 g/mol. The van der Waals surface area contributed by atoms with Gasteiger partial charge in [-0.05, 0) is 42.0 Å². The van der Waals surface area contributed by atoms with Crippen molar-refractivity contribution in [2.24, 2.45) is 12.5 Å². The molecule has 0 unspecified atom stereocenters. The molecule has 1 atom stereocenters. The molecule has 1 aliphatic carbocycles. The van der Waals surface area contributed by atoms with Crippen LogP contribution in [0.1, 0.15) is 56.3 Å². The molecular formula is C31H31F3N10. The lowest BCUT2D eigenvalue weighted by Crippen LogP contribution is -2.52. The minimum Gasteiger partial charge on any atom is -0.383 e. The first-order chi connectivity index (χ1) is 20.8. The molecule has 13 heteroatoms. The number of hydrogen-bond donors (Lipinski definition) is 4. The molecule has 0 spiro atoms. The van der Waals surface area contributed by atoms with Gasteiger partial charge >= 0.3 is 6.18 Å². The molecule has 1 aliphatic heterocycles. The SMILES string of the molecule is Cn1cc2c([C@H](Nc3cc(C#N)c4ncc(C#N)c(NCC(C)(C)C)c4c3)C3=CN(C4(C(F)(F)F)CC4)NN3)cccc2n1. The lowest BCUT2D eigenvalue weighted by molar-refractivity contribution is -0.195. The van der Waals surface area contributed by atoms with E-state index in [0.717, 1.165) is 21.5 Å². The summed E-state index contributed by atoms with van der Waals surface area (Å²) in [6, 6.07) is 12.8. The lowest BCUT2D eigenvalue weighted by atomic mass is 9.96. The van der Waals surface area contributed by atoms with Crippen LogP contribution >= 0.6 is 0 Å². The largest absolute Gasteiger partial charge is 0.413 e. The van der Waals surface area contributed by atoms with Crippen LogP contribution in [0.25, 0.3) is 21.8 Å². The Labute approximate surface area is 252 Å². The highest BCUT2D eigenvalue weighted by Crippen LogP contribution is 2.54. The Bertz CT molecular complexity index is 1880. The van der Waals surface area contributed by atoms with Gasteiger partial charge in [0, 0.05) is 48.6 Å². The van der Waals surface area contributed by atoms with E-state index in [2.05, 4.69) is 64.6 Å². The molecule has 3 heterocycles. The number of aryl methyl sites for hydroxylation is 1. The Morgan fingerprint density at radius 3 is 2.50 bits per heavy atom. The highest BCUT2D eigenvalue weighted by Gasteiger charge is 2.67. The predicted molar refractivity (Wildman–Crippen MR) is 160 cm³/mol. The van der Waals surface area contributed by atoms with Crippen LogP contribution < -0.4 is 21.6 Å². The van der Waals surface area contributed by atoms with E-state index in [1.54, 1.807) is 17.8 Å². The minimum absolute atomic E-state index is 0.0139. The van der Waals surface area contributed by atoms with Crippen molar-refractivity contribution in [1.29, 1.82) is 10.5 Å². The molecule has 0 saturated heterocycles. The van der Waals surface area contributed by atoms with Crippen LogP contribution in [-0.2, 0) is 7.05 Å². The van der Waals surface area contributed by atoms with Crippen LogP contribution in [0.2, 0.25) is 0 Å². The average Bonchev–Trinajstić information content (AvgIpc) is 3.49. The fourth-order valence-electron chi connectivity index (χ4n) is 5.51. The topological polar surface area (TPSA) is 130 Å². The van der Waals surface area contributed by atoms with Gasteiger partial charge in [-0.15, -0.1) is 5.53 Å². The van der Waals surface area contributed by atoms with E-state index in [1.165, 1.54) is 12.4 Å². The van der Waals surface area contributed by atoms with E-state index in [9.17, 15) is 23.7 Å². The van der Waals surface area contributed by atoms with Gasteiger partial charge in [0.2, 0.25) is 0 Å². The monoisotopic (exact) mass is 600 g/mol. The number of rotatable bonds is 7. The van der Waals surface area contributed by atoms with Crippen molar-refractivity contribution < 1.29 is 13.2 Å². The van der Waals surface area contributed by atoms with Gasteiger partial charge < -0.3 is 16.1 Å². The number of hydrazine groups is 2. The average molecular weight is 601 g/mol. The van der Waals surface area contributed by atoms with Crippen LogP contribution in [0.3, 0.4) is 0 Å². The molecule has 1 fully saturated rings. The number of alkyl halides is 3. The maximum atomic E-state index is 14.0. The molecule has 0 bridgehead atoms. The number of pyridine rings is 1. The minimum atomic E-state index is -4.41. The number of anilines is 2. The fourth-order valence-corrected chi connectivity index (χ4v) is 5.51. The molecule has 0 radical (unpaired) electrons. The van der Waals surface area contributed by atoms with E-state index < -0.39 is 17.8 Å². The molecule has 44 heavy (non-hydrogen) atoms. The lowest BCUT2D eigenvalue weighted by Gasteiger charge is -2.28. The molecule has 2 aliphatic rings. The van der Waals surface area contributed by atoms with Crippen molar-refractivity contribution >= 4 is 33.2 Å². The normalized spacial score (nSPS) is 16.7. The maximum absolute atomic E-state index is 14.0. The summed E-state index contributed by atoms with van der Waals surface area (Å²) in [6.07, 6.45) is 0.319. The van der Waals surface area contributed by atoms with Gasteiger partial charge in [-0.1, -0.05) is 32.9 Å². The van der Waals surface area contributed by atoms with E-state index in [0.29, 0.717) is 40.1 Å². The quantitative estimate of drug-likeness (QED) is 0.210. The van der Waals surface area contributed by atoms with Crippen molar-refractivity contribution in [2.45, 2.75) is 51.4 Å². The molecule has 6 rings (SSSR count). The van der Waals surface area contributed by atoms with Gasteiger partial charge in [-0.2, -0.15) is 28.8 Å². The Morgan fingerprint density at radius 2 is 1.84 bits per heavy atom. The summed E-state index contributed by atoms with van der Waals surface area (Å²) < 4.78 is 43.7. The Hall–Kier alpha value is -5.01. The van der Waals surface area contributed by atoms with Gasteiger partial charge in [0.15, 0.2) is 5.54 Å². The third-order valence-electron chi connectivity index (χ3n) is 7.94. The molecule has 2 aromatic carbocycles. The van der Waals surface area contributed by atoms with E-state index in [-0.39, 0.29) is 23.8 Å². The highest BCUT2D eigenvalue weighted by molar-refractivity contribution is 5.99. The zero-order chi connectivity index (χ0) is 31.4. The maximum Gasteiger partial charge on any atom is 0.413 e. The van der Waals surface area contributed by atoms with E-state index in [1.807, 2.05) is 30.5 Å². The van der Waals surface area contributed by atoms with E-state index in [4.69, 9.17) is 0 Å².